The molecule has 1 fully saturated rings. The molecule has 0 radical (unpaired) electrons. The molecule has 3 nitrogen and oxygen atoms in total. The topological polar surface area (TPSA) is 33.2 Å². The molecule has 1 atom stereocenters. The summed E-state index contributed by atoms with van der Waals surface area (Å²) in [4.78, 5) is 18.0. The number of aromatic nitrogens is 1. The van der Waals surface area contributed by atoms with Gasteiger partial charge in [0.2, 0.25) is 0 Å². The maximum Gasteiger partial charge on any atom is 0.275 e. The van der Waals surface area contributed by atoms with E-state index in [2.05, 4.69) is 17.1 Å². The molecular formula is C19H20F2N2O. The van der Waals surface area contributed by atoms with Gasteiger partial charge < -0.3 is 4.90 Å². The first-order chi connectivity index (χ1) is 11.6. The fourth-order valence-corrected chi connectivity index (χ4v) is 3.25. The zero-order valence-corrected chi connectivity index (χ0v) is 13.4. The largest absolute Gasteiger partial charge is 0.334 e. The minimum Gasteiger partial charge on any atom is -0.334 e. The van der Waals surface area contributed by atoms with Crippen LogP contribution in [0.15, 0.2) is 42.6 Å². The van der Waals surface area contributed by atoms with Crippen LogP contribution in [0.25, 0.3) is 0 Å². The number of amides is 1. The Labute approximate surface area is 140 Å². The Hall–Kier alpha value is -2.30. The summed E-state index contributed by atoms with van der Waals surface area (Å²) in [6.07, 6.45) is 5.45. The van der Waals surface area contributed by atoms with Gasteiger partial charge in [-0.05, 0) is 37.7 Å². The van der Waals surface area contributed by atoms with Gasteiger partial charge in [-0.1, -0.05) is 30.3 Å². The van der Waals surface area contributed by atoms with E-state index < -0.39 is 17.5 Å². The lowest BCUT2D eigenvalue weighted by Crippen LogP contribution is -2.44. The molecule has 0 aliphatic carbocycles. The maximum absolute atomic E-state index is 13.9. The molecular weight excluding hydrogens is 310 g/mol. The Kier molecular flexibility index (Phi) is 5.18. The Morgan fingerprint density at radius 1 is 1.21 bits per heavy atom. The average molecular weight is 330 g/mol. The third-order valence-corrected chi connectivity index (χ3v) is 4.51. The minimum atomic E-state index is -0.896. The highest BCUT2D eigenvalue weighted by Gasteiger charge is 2.29. The summed E-state index contributed by atoms with van der Waals surface area (Å²) in [5.41, 5.74) is 0.935. The van der Waals surface area contributed by atoms with Gasteiger partial charge in [-0.15, -0.1) is 0 Å². The van der Waals surface area contributed by atoms with Crippen LogP contribution in [-0.2, 0) is 6.42 Å². The molecule has 1 amide bonds. The zero-order chi connectivity index (χ0) is 16.9. The van der Waals surface area contributed by atoms with Gasteiger partial charge in [0.25, 0.3) is 5.91 Å². The first kappa shape index (κ1) is 16.6. The van der Waals surface area contributed by atoms with Crippen molar-refractivity contribution < 1.29 is 13.6 Å². The molecule has 0 saturated carbocycles. The summed E-state index contributed by atoms with van der Waals surface area (Å²) >= 11 is 0. The number of carbonyl (C=O) groups excluding carboxylic acids is 1. The first-order valence-electron chi connectivity index (χ1n) is 8.31. The smallest absolute Gasteiger partial charge is 0.275 e. The van der Waals surface area contributed by atoms with E-state index in [4.69, 9.17) is 0 Å². The second-order valence-corrected chi connectivity index (χ2v) is 6.16. The van der Waals surface area contributed by atoms with Crippen molar-refractivity contribution in [3.05, 3.63) is 65.5 Å². The van der Waals surface area contributed by atoms with Crippen molar-refractivity contribution >= 4 is 5.91 Å². The molecule has 1 aromatic heterocycles. The number of hydrogen-bond donors (Lipinski definition) is 0. The lowest BCUT2D eigenvalue weighted by molar-refractivity contribution is 0.0590. The third kappa shape index (κ3) is 3.78. The zero-order valence-electron chi connectivity index (χ0n) is 13.4. The Morgan fingerprint density at radius 2 is 2.00 bits per heavy atom. The van der Waals surface area contributed by atoms with Gasteiger partial charge in [-0.25, -0.2) is 13.8 Å². The summed E-state index contributed by atoms with van der Waals surface area (Å²) in [6, 6.07) is 10.9. The van der Waals surface area contributed by atoms with Crippen molar-refractivity contribution in [2.24, 2.45) is 0 Å². The second kappa shape index (κ2) is 7.51. The molecule has 1 aliphatic rings. The molecule has 0 N–H and O–H groups in total. The quantitative estimate of drug-likeness (QED) is 0.849. The molecule has 0 spiro atoms. The van der Waals surface area contributed by atoms with Gasteiger partial charge >= 0.3 is 0 Å². The average Bonchev–Trinajstić information content (AvgIpc) is 2.60. The Balaban J connectivity index is 1.72. The number of likely N-dealkylation sites (tertiary alicyclic amines) is 1. The SMILES string of the molecule is O=C(c1ncc(F)cc1F)N1CCCC[C@H]1CCc1ccccc1. The van der Waals surface area contributed by atoms with E-state index in [-0.39, 0.29) is 11.7 Å². The number of halogens is 2. The summed E-state index contributed by atoms with van der Waals surface area (Å²) in [5.74, 6) is -2.11. The number of benzene rings is 1. The molecule has 5 heteroatoms. The lowest BCUT2D eigenvalue weighted by Gasteiger charge is -2.35. The Bertz CT molecular complexity index is 706. The van der Waals surface area contributed by atoms with E-state index in [1.807, 2.05) is 18.2 Å². The van der Waals surface area contributed by atoms with Gasteiger partial charge in [-0.3, -0.25) is 4.79 Å². The first-order valence-corrected chi connectivity index (χ1v) is 8.31. The molecule has 0 unspecified atom stereocenters. The van der Waals surface area contributed by atoms with E-state index in [9.17, 15) is 13.6 Å². The standard InChI is InChI=1S/C19H20F2N2O/c20-15-12-17(21)18(22-13-15)19(24)23-11-5-4-8-16(23)10-9-14-6-2-1-3-7-14/h1-3,6-7,12-13,16H,4-5,8-11H2/t16-/m0/s1. The van der Waals surface area contributed by atoms with Crippen LogP contribution >= 0.6 is 0 Å². The van der Waals surface area contributed by atoms with E-state index >= 15 is 0 Å². The van der Waals surface area contributed by atoms with Crippen molar-refractivity contribution in [1.82, 2.24) is 9.88 Å². The molecule has 24 heavy (non-hydrogen) atoms. The molecule has 126 valence electrons. The molecule has 1 aromatic carbocycles. The number of pyridine rings is 1. The highest BCUT2D eigenvalue weighted by Crippen LogP contribution is 2.24. The minimum absolute atomic E-state index is 0.0673. The molecule has 1 saturated heterocycles. The van der Waals surface area contributed by atoms with E-state index in [1.165, 1.54) is 5.56 Å². The van der Waals surface area contributed by atoms with Crippen LogP contribution in [0, 0.1) is 11.6 Å². The van der Waals surface area contributed by atoms with Gasteiger partial charge in [0.05, 0.1) is 6.20 Å². The van der Waals surface area contributed by atoms with Crippen molar-refractivity contribution in [2.45, 2.75) is 38.1 Å². The predicted molar refractivity (Wildman–Crippen MR) is 87.6 cm³/mol. The predicted octanol–water partition coefficient (Wildman–Crippen LogP) is 3.99. The summed E-state index contributed by atoms with van der Waals surface area (Å²) in [6.45, 7) is 0.594. The summed E-state index contributed by atoms with van der Waals surface area (Å²) < 4.78 is 26.9. The van der Waals surface area contributed by atoms with Crippen LogP contribution < -0.4 is 0 Å². The third-order valence-electron chi connectivity index (χ3n) is 4.51. The van der Waals surface area contributed by atoms with Gasteiger partial charge in [-0.2, -0.15) is 0 Å². The summed E-state index contributed by atoms with van der Waals surface area (Å²) in [7, 11) is 0. The van der Waals surface area contributed by atoms with Crippen LogP contribution in [0.3, 0.4) is 0 Å². The molecule has 2 aromatic rings. The number of carbonyl (C=O) groups is 1. The number of hydrogen-bond acceptors (Lipinski definition) is 2. The lowest BCUT2D eigenvalue weighted by atomic mass is 9.95. The normalized spacial score (nSPS) is 17.8. The fraction of sp³-hybridized carbons (Fsp3) is 0.368. The van der Waals surface area contributed by atoms with Crippen LogP contribution in [0.5, 0.6) is 0 Å². The number of aryl methyl sites for hydroxylation is 1. The van der Waals surface area contributed by atoms with Gasteiger partial charge in [0.1, 0.15) is 5.82 Å². The van der Waals surface area contributed by atoms with E-state index in [0.717, 1.165) is 38.3 Å². The number of piperidine rings is 1. The molecule has 2 heterocycles. The Morgan fingerprint density at radius 3 is 2.75 bits per heavy atom. The van der Waals surface area contributed by atoms with Crippen molar-refractivity contribution in [3.63, 3.8) is 0 Å². The van der Waals surface area contributed by atoms with E-state index in [0.29, 0.717) is 12.6 Å². The van der Waals surface area contributed by atoms with E-state index in [1.54, 1.807) is 4.90 Å². The molecule has 3 rings (SSSR count). The van der Waals surface area contributed by atoms with Crippen molar-refractivity contribution in [1.29, 1.82) is 0 Å². The number of nitrogens with zero attached hydrogens (tertiary/aromatic N) is 2. The van der Waals surface area contributed by atoms with Crippen LogP contribution in [0.2, 0.25) is 0 Å². The number of rotatable bonds is 4. The highest BCUT2D eigenvalue weighted by atomic mass is 19.1. The molecule has 1 aliphatic heterocycles. The van der Waals surface area contributed by atoms with Crippen molar-refractivity contribution in [3.8, 4) is 0 Å². The summed E-state index contributed by atoms with van der Waals surface area (Å²) in [5, 5.41) is 0. The maximum atomic E-state index is 13.9. The monoisotopic (exact) mass is 330 g/mol. The fourth-order valence-electron chi connectivity index (χ4n) is 3.25. The van der Waals surface area contributed by atoms with Crippen LogP contribution in [0.1, 0.15) is 41.7 Å². The van der Waals surface area contributed by atoms with Gasteiger partial charge in [0, 0.05) is 18.7 Å². The van der Waals surface area contributed by atoms with Crippen LogP contribution in [-0.4, -0.2) is 28.4 Å². The molecule has 0 bridgehead atoms. The van der Waals surface area contributed by atoms with Crippen LogP contribution in [0.4, 0.5) is 8.78 Å². The highest BCUT2D eigenvalue weighted by molar-refractivity contribution is 5.92. The van der Waals surface area contributed by atoms with Gasteiger partial charge in [0.15, 0.2) is 11.5 Å². The van der Waals surface area contributed by atoms with Crippen molar-refractivity contribution in [2.75, 3.05) is 6.54 Å². The second-order valence-electron chi connectivity index (χ2n) is 6.16.